The van der Waals surface area contributed by atoms with Crippen LogP contribution in [0, 0.1) is 13.8 Å². The lowest BCUT2D eigenvalue weighted by Gasteiger charge is -2.12. The third-order valence-corrected chi connectivity index (χ3v) is 4.79. The molecule has 0 fully saturated rings. The van der Waals surface area contributed by atoms with Gasteiger partial charge in [-0.25, -0.2) is 4.99 Å². The van der Waals surface area contributed by atoms with Crippen molar-refractivity contribution < 1.29 is 4.79 Å². The summed E-state index contributed by atoms with van der Waals surface area (Å²) < 4.78 is 0. The van der Waals surface area contributed by atoms with E-state index in [1.165, 1.54) is 16.7 Å². The highest BCUT2D eigenvalue weighted by Gasteiger charge is 2.06. The summed E-state index contributed by atoms with van der Waals surface area (Å²) >= 11 is 0. The number of halogens is 1. The van der Waals surface area contributed by atoms with Gasteiger partial charge in [0.05, 0.1) is 6.54 Å². The van der Waals surface area contributed by atoms with Gasteiger partial charge in [0.25, 0.3) is 5.91 Å². The van der Waals surface area contributed by atoms with Crippen LogP contribution in [0.2, 0.25) is 0 Å². The highest BCUT2D eigenvalue weighted by molar-refractivity contribution is 14.0. The van der Waals surface area contributed by atoms with Crippen LogP contribution in [0.4, 0.5) is 0 Å². The molecule has 0 aliphatic carbocycles. The average Bonchev–Trinajstić information content (AvgIpc) is 2.71. The Balaban J connectivity index is 0.00000512. The van der Waals surface area contributed by atoms with E-state index in [1.54, 1.807) is 0 Å². The minimum atomic E-state index is -0.0499. The Bertz CT molecular complexity index is 862. The predicted octanol–water partition coefficient (Wildman–Crippen LogP) is 3.51. The Morgan fingerprint density at radius 1 is 0.938 bits per heavy atom. The van der Waals surface area contributed by atoms with E-state index in [4.69, 9.17) is 4.99 Å². The molecule has 2 aromatic rings. The summed E-state index contributed by atoms with van der Waals surface area (Å²) in [5.74, 6) is 0.735. The lowest BCUT2D eigenvalue weighted by molar-refractivity contribution is 0.0951. The first-order valence-electron chi connectivity index (χ1n) is 11.0. The molecule has 2 aromatic carbocycles. The van der Waals surface area contributed by atoms with E-state index in [-0.39, 0.29) is 29.9 Å². The first-order valence-corrected chi connectivity index (χ1v) is 11.0. The zero-order chi connectivity index (χ0) is 22.6. The van der Waals surface area contributed by atoms with Crippen LogP contribution in [0.3, 0.4) is 0 Å². The monoisotopic (exact) mass is 551 g/mol. The standard InChI is InChI=1S/C25H37N5O.HI/c1-6-26-25(28-11-10-21-15-19(2)14-20(3)16-21)29-18-22-8-7-9-23(17-22)24(31)27-12-13-30(4)5;/h7-9,14-17H,6,10-13,18H2,1-5H3,(H,27,31)(H2,26,28,29);1H. The number of carbonyl (C=O) groups is 1. The van der Waals surface area contributed by atoms with E-state index in [0.29, 0.717) is 18.7 Å². The number of aliphatic imine (C=N–C) groups is 1. The maximum Gasteiger partial charge on any atom is 0.251 e. The number of amides is 1. The molecule has 1 amide bonds. The van der Waals surface area contributed by atoms with Gasteiger partial charge in [-0.05, 0) is 64.5 Å². The van der Waals surface area contributed by atoms with Crippen LogP contribution in [-0.2, 0) is 13.0 Å². The van der Waals surface area contributed by atoms with Gasteiger partial charge in [0, 0.05) is 31.7 Å². The van der Waals surface area contributed by atoms with Gasteiger partial charge in [0.1, 0.15) is 0 Å². The van der Waals surface area contributed by atoms with Gasteiger partial charge in [0.15, 0.2) is 5.96 Å². The number of benzene rings is 2. The number of carbonyl (C=O) groups excluding carboxylic acids is 1. The molecule has 0 aliphatic rings. The predicted molar refractivity (Wildman–Crippen MR) is 145 cm³/mol. The Labute approximate surface area is 210 Å². The minimum absolute atomic E-state index is 0. The van der Waals surface area contributed by atoms with Crippen LogP contribution in [0.1, 0.15) is 39.5 Å². The summed E-state index contributed by atoms with van der Waals surface area (Å²) in [5.41, 5.74) is 5.59. The molecule has 2 rings (SSSR count). The van der Waals surface area contributed by atoms with Crippen LogP contribution in [0.25, 0.3) is 0 Å². The summed E-state index contributed by atoms with van der Waals surface area (Å²) in [6.45, 7) is 9.88. The van der Waals surface area contributed by atoms with Crippen molar-refractivity contribution in [1.82, 2.24) is 20.9 Å². The number of likely N-dealkylation sites (N-methyl/N-ethyl adjacent to an activating group) is 1. The Morgan fingerprint density at radius 2 is 1.66 bits per heavy atom. The molecular weight excluding hydrogens is 513 g/mol. The van der Waals surface area contributed by atoms with Crippen molar-refractivity contribution in [2.75, 3.05) is 40.3 Å². The van der Waals surface area contributed by atoms with Crippen LogP contribution < -0.4 is 16.0 Å². The molecule has 0 aromatic heterocycles. The van der Waals surface area contributed by atoms with Crippen molar-refractivity contribution >= 4 is 35.8 Å². The number of rotatable bonds is 10. The molecule has 0 bridgehead atoms. The fraction of sp³-hybridized carbons (Fsp3) is 0.440. The van der Waals surface area contributed by atoms with E-state index < -0.39 is 0 Å². The van der Waals surface area contributed by atoms with Crippen molar-refractivity contribution in [2.45, 2.75) is 33.7 Å². The summed E-state index contributed by atoms with van der Waals surface area (Å²) in [6.07, 6.45) is 0.940. The molecule has 0 saturated carbocycles. The smallest absolute Gasteiger partial charge is 0.251 e. The van der Waals surface area contributed by atoms with Crippen molar-refractivity contribution in [1.29, 1.82) is 0 Å². The lowest BCUT2D eigenvalue weighted by Crippen LogP contribution is -2.38. The van der Waals surface area contributed by atoms with Crippen molar-refractivity contribution in [3.8, 4) is 0 Å². The number of aryl methyl sites for hydroxylation is 2. The van der Waals surface area contributed by atoms with Gasteiger partial charge in [-0.15, -0.1) is 24.0 Å². The van der Waals surface area contributed by atoms with E-state index in [1.807, 2.05) is 43.3 Å². The number of nitrogens with one attached hydrogen (secondary N) is 3. The lowest BCUT2D eigenvalue weighted by atomic mass is 10.1. The maximum atomic E-state index is 12.4. The second kappa shape index (κ2) is 14.8. The van der Waals surface area contributed by atoms with Gasteiger partial charge in [0.2, 0.25) is 0 Å². The fourth-order valence-electron chi connectivity index (χ4n) is 3.36. The van der Waals surface area contributed by atoms with Crippen LogP contribution in [0.5, 0.6) is 0 Å². The molecule has 176 valence electrons. The van der Waals surface area contributed by atoms with Gasteiger partial charge in [-0.1, -0.05) is 41.5 Å². The van der Waals surface area contributed by atoms with Gasteiger partial charge in [-0.3, -0.25) is 4.79 Å². The molecule has 0 aliphatic heterocycles. The van der Waals surface area contributed by atoms with Gasteiger partial charge < -0.3 is 20.9 Å². The zero-order valence-corrected chi connectivity index (χ0v) is 22.3. The topological polar surface area (TPSA) is 68.8 Å². The minimum Gasteiger partial charge on any atom is -0.357 e. The van der Waals surface area contributed by atoms with Crippen LogP contribution in [0.15, 0.2) is 47.5 Å². The summed E-state index contributed by atoms with van der Waals surface area (Å²) in [6, 6.07) is 14.3. The normalized spacial score (nSPS) is 11.1. The molecular formula is C25H38IN5O. The van der Waals surface area contributed by atoms with E-state index in [2.05, 4.69) is 54.9 Å². The molecule has 0 atom stereocenters. The van der Waals surface area contributed by atoms with Crippen LogP contribution >= 0.6 is 24.0 Å². The van der Waals surface area contributed by atoms with Gasteiger partial charge >= 0.3 is 0 Å². The second-order valence-electron chi connectivity index (χ2n) is 8.13. The Morgan fingerprint density at radius 3 is 2.31 bits per heavy atom. The van der Waals surface area contributed by atoms with Crippen molar-refractivity contribution in [3.63, 3.8) is 0 Å². The Hall–Kier alpha value is -2.13. The molecule has 0 spiro atoms. The maximum absolute atomic E-state index is 12.4. The molecule has 7 heteroatoms. The van der Waals surface area contributed by atoms with Crippen molar-refractivity contribution in [3.05, 3.63) is 70.3 Å². The highest BCUT2D eigenvalue weighted by Crippen LogP contribution is 2.09. The molecule has 0 saturated heterocycles. The first-order chi connectivity index (χ1) is 14.9. The van der Waals surface area contributed by atoms with E-state index >= 15 is 0 Å². The summed E-state index contributed by atoms with van der Waals surface area (Å²) in [7, 11) is 3.98. The third kappa shape index (κ3) is 10.5. The third-order valence-electron chi connectivity index (χ3n) is 4.79. The van der Waals surface area contributed by atoms with Crippen LogP contribution in [-0.4, -0.2) is 57.0 Å². The largest absolute Gasteiger partial charge is 0.357 e. The van der Waals surface area contributed by atoms with Crippen molar-refractivity contribution in [2.24, 2.45) is 4.99 Å². The van der Waals surface area contributed by atoms with E-state index in [9.17, 15) is 4.79 Å². The molecule has 6 nitrogen and oxygen atoms in total. The Kier molecular flexibility index (Phi) is 12.9. The molecule has 0 radical (unpaired) electrons. The quantitative estimate of drug-likeness (QED) is 0.240. The number of nitrogens with zero attached hydrogens (tertiary/aromatic N) is 2. The fourth-order valence-corrected chi connectivity index (χ4v) is 3.36. The number of hydrogen-bond donors (Lipinski definition) is 3. The first kappa shape index (κ1) is 27.9. The molecule has 32 heavy (non-hydrogen) atoms. The second-order valence-corrected chi connectivity index (χ2v) is 8.13. The molecule has 0 heterocycles. The average molecular weight is 552 g/mol. The number of hydrogen-bond acceptors (Lipinski definition) is 3. The molecule has 0 unspecified atom stereocenters. The number of guanidine groups is 1. The zero-order valence-electron chi connectivity index (χ0n) is 20.0. The summed E-state index contributed by atoms with van der Waals surface area (Å²) in [4.78, 5) is 19.1. The SMILES string of the molecule is CCNC(=NCc1cccc(C(=O)NCCN(C)C)c1)NCCc1cc(C)cc(C)c1.I. The highest BCUT2D eigenvalue weighted by atomic mass is 127. The molecule has 3 N–H and O–H groups in total. The summed E-state index contributed by atoms with van der Waals surface area (Å²) in [5, 5.41) is 9.65. The van der Waals surface area contributed by atoms with Gasteiger partial charge in [-0.2, -0.15) is 0 Å². The van der Waals surface area contributed by atoms with E-state index in [0.717, 1.165) is 37.6 Å².